The third-order valence-electron chi connectivity index (χ3n) is 2.49. The van der Waals surface area contributed by atoms with E-state index in [0.717, 1.165) is 0 Å². The van der Waals surface area contributed by atoms with Crippen LogP contribution in [0.5, 0.6) is 0 Å². The van der Waals surface area contributed by atoms with E-state index < -0.39 is 12.1 Å². The zero-order chi connectivity index (χ0) is 15.3. The highest BCUT2D eigenvalue weighted by Gasteiger charge is 2.19. The molecule has 0 heterocycles. The van der Waals surface area contributed by atoms with Gasteiger partial charge in [0, 0.05) is 16.7 Å². The molecule has 1 aromatic carbocycles. The number of hydrogen-bond acceptors (Lipinski definition) is 4. The smallest absolute Gasteiger partial charge is 0.339 e. The van der Waals surface area contributed by atoms with Crippen LogP contribution in [0, 0.1) is 5.92 Å². The molecule has 0 aliphatic rings. The van der Waals surface area contributed by atoms with Crippen molar-refractivity contribution in [1.29, 1.82) is 0 Å². The second kappa shape index (κ2) is 7.28. The van der Waals surface area contributed by atoms with E-state index in [1.54, 1.807) is 12.1 Å². The number of carbonyl (C=O) groups excluding carboxylic acids is 2. The Balaban J connectivity index is 2.63. The third kappa shape index (κ3) is 5.21. The van der Waals surface area contributed by atoms with Gasteiger partial charge in [0.25, 0.3) is 5.91 Å². The first kappa shape index (κ1) is 16.5. The lowest BCUT2D eigenvalue weighted by molar-refractivity contribution is -0.129. The van der Waals surface area contributed by atoms with Crippen LogP contribution < -0.4 is 11.1 Å². The Morgan fingerprint density at radius 3 is 2.50 bits per heavy atom. The van der Waals surface area contributed by atoms with Crippen molar-refractivity contribution < 1.29 is 14.3 Å². The van der Waals surface area contributed by atoms with Gasteiger partial charge in [-0.15, -0.1) is 0 Å². The quantitative estimate of drug-likeness (QED) is 0.635. The zero-order valence-corrected chi connectivity index (χ0v) is 13.4. The summed E-state index contributed by atoms with van der Waals surface area (Å²) >= 11 is 3.25. The predicted molar refractivity (Wildman–Crippen MR) is 81.3 cm³/mol. The summed E-state index contributed by atoms with van der Waals surface area (Å²) in [4.78, 5) is 23.6. The Kier molecular flexibility index (Phi) is 6.01. The summed E-state index contributed by atoms with van der Waals surface area (Å²) < 4.78 is 5.79. The van der Waals surface area contributed by atoms with Gasteiger partial charge < -0.3 is 15.8 Å². The summed E-state index contributed by atoms with van der Waals surface area (Å²) in [5.41, 5.74) is 6.41. The lowest BCUT2D eigenvalue weighted by atomic mass is 10.2. The van der Waals surface area contributed by atoms with Gasteiger partial charge in [-0.05, 0) is 31.0 Å². The molecule has 0 radical (unpaired) electrons. The molecule has 1 amide bonds. The molecule has 0 fully saturated rings. The van der Waals surface area contributed by atoms with Crippen molar-refractivity contribution in [3.05, 3.63) is 28.2 Å². The van der Waals surface area contributed by atoms with Crippen LogP contribution in [0.2, 0.25) is 0 Å². The number of halogens is 1. The molecule has 0 saturated carbocycles. The van der Waals surface area contributed by atoms with Crippen LogP contribution in [0.15, 0.2) is 22.7 Å². The molecule has 0 aromatic heterocycles. The highest BCUT2D eigenvalue weighted by Crippen LogP contribution is 2.18. The van der Waals surface area contributed by atoms with Crippen LogP contribution in [-0.4, -0.2) is 24.5 Å². The van der Waals surface area contributed by atoms with Crippen molar-refractivity contribution in [2.45, 2.75) is 26.9 Å². The maximum absolute atomic E-state index is 11.9. The van der Waals surface area contributed by atoms with Crippen LogP contribution in [0.1, 0.15) is 31.1 Å². The number of rotatable bonds is 5. The predicted octanol–water partition coefficient (Wildman–Crippen LogP) is 2.35. The van der Waals surface area contributed by atoms with Crippen LogP contribution in [0.3, 0.4) is 0 Å². The number of nitrogens with one attached hydrogen (secondary N) is 1. The summed E-state index contributed by atoms with van der Waals surface area (Å²) in [6.45, 7) is 6.06. The SMILES string of the molecule is CC(C)CNC(=O)C(C)OC(=O)c1cc(N)cc(Br)c1. The van der Waals surface area contributed by atoms with Crippen LogP contribution in [0.25, 0.3) is 0 Å². The van der Waals surface area contributed by atoms with Crippen molar-refractivity contribution in [2.24, 2.45) is 5.92 Å². The first-order valence-electron chi connectivity index (χ1n) is 6.34. The summed E-state index contributed by atoms with van der Waals surface area (Å²) in [6.07, 6.45) is -0.846. The number of ether oxygens (including phenoxy) is 1. The number of esters is 1. The molecule has 5 nitrogen and oxygen atoms in total. The number of nitrogen functional groups attached to an aromatic ring is 1. The highest BCUT2D eigenvalue weighted by molar-refractivity contribution is 9.10. The molecule has 0 spiro atoms. The topological polar surface area (TPSA) is 81.4 Å². The number of anilines is 1. The molecule has 20 heavy (non-hydrogen) atoms. The Bertz CT molecular complexity index is 483. The molecule has 1 unspecified atom stereocenters. The van der Waals surface area contributed by atoms with Gasteiger partial charge in [0.05, 0.1) is 5.56 Å². The Labute approximate surface area is 127 Å². The van der Waals surface area contributed by atoms with Gasteiger partial charge in [-0.25, -0.2) is 4.79 Å². The van der Waals surface area contributed by atoms with E-state index in [2.05, 4.69) is 21.2 Å². The lowest BCUT2D eigenvalue weighted by Crippen LogP contribution is -2.37. The van der Waals surface area contributed by atoms with Gasteiger partial charge in [0.15, 0.2) is 6.10 Å². The molecule has 0 saturated heterocycles. The summed E-state index contributed by atoms with van der Waals surface area (Å²) in [5.74, 6) is -0.549. The lowest BCUT2D eigenvalue weighted by Gasteiger charge is -2.14. The molecule has 3 N–H and O–H groups in total. The maximum Gasteiger partial charge on any atom is 0.339 e. The third-order valence-corrected chi connectivity index (χ3v) is 2.95. The fraction of sp³-hybridized carbons (Fsp3) is 0.429. The monoisotopic (exact) mass is 342 g/mol. The van der Waals surface area contributed by atoms with Gasteiger partial charge in [-0.3, -0.25) is 4.79 Å². The van der Waals surface area contributed by atoms with Crippen LogP contribution >= 0.6 is 15.9 Å². The van der Waals surface area contributed by atoms with E-state index in [1.807, 2.05) is 13.8 Å². The molecule has 0 bridgehead atoms. The molecule has 0 aliphatic carbocycles. The van der Waals surface area contributed by atoms with Crippen LogP contribution in [0.4, 0.5) is 5.69 Å². The molecule has 1 aromatic rings. The molecule has 110 valence electrons. The Hall–Kier alpha value is -1.56. The van der Waals surface area contributed by atoms with Crippen molar-refractivity contribution in [3.63, 3.8) is 0 Å². The number of hydrogen-bond donors (Lipinski definition) is 2. The minimum absolute atomic E-state index is 0.306. The van der Waals surface area contributed by atoms with Gasteiger partial charge in [0.2, 0.25) is 0 Å². The zero-order valence-electron chi connectivity index (χ0n) is 11.8. The average molecular weight is 343 g/mol. The second-order valence-corrected chi connectivity index (χ2v) is 5.88. The molecule has 1 rings (SSSR count). The number of nitrogens with two attached hydrogens (primary N) is 1. The number of amides is 1. The van der Waals surface area contributed by atoms with Gasteiger partial charge in [0.1, 0.15) is 0 Å². The first-order valence-corrected chi connectivity index (χ1v) is 7.13. The standard InChI is InChI=1S/C14H19BrN2O3/c1-8(2)7-17-13(18)9(3)20-14(19)10-4-11(15)6-12(16)5-10/h4-6,8-9H,7,16H2,1-3H3,(H,17,18). The van der Waals surface area contributed by atoms with E-state index in [1.165, 1.54) is 13.0 Å². The molecular formula is C14H19BrN2O3. The van der Waals surface area contributed by atoms with E-state index in [4.69, 9.17) is 10.5 Å². The van der Waals surface area contributed by atoms with Crippen LogP contribution in [-0.2, 0) is 9.53 Å². The first-order chi connectivity index (χ1) is 9.29. The minimum Gasteiger partial charge on any atom is -0.449 e. The van der Waals surface area contributed by atoms with E-state index in [-0.39, 0.29) is 5.91 Å². The largest absolute Gasteiger partial charge is 0.449 e. The van der Waals surface area contributed by atoms with Crippen molar-refractivity contribution >= 4 is 33.5 Å². The summed E-state index contributed by atoms with van der Waals surface area (Å²) in [5, 5.41) is 2.71. The second-order valence-electron chi connectivity index (χ2n) is 4.96. The fourth-order valence-electron chi connectivity index (χ4n) is 1.46. The molecule has 1 atom stereocenters. The highest BCUT2D eigenvalue weighted by atomic mass is 79.9. The van der Waals surface area contributed by atoms with Gasteiger partial charge in [-0.1, -0.05) is 29.8 Å². The van der Waals surface area contributed by atoms with Crippen molar-refractivity contribution in [2.75, 3.05) is 12.3 Å². The molecular weight excluding hydrogens is 324 g/mol. The average Bonchev–Trinajstić information content (AvgIpc) is 2.34. The molecule has 6 heteroatoms. The van der Waals surface area contributed by atoms with E-state index in [0.29, 0.717) is 28.2 Å². The van der Waals surface area contributed by atoms with Gasteiger partial charge in [-0.2, -0.15) is 0 Å². The van der Waals surface area contributed by atoms with E-state index >= 15 is 0 Å². The summed E-state index contributed by atoms with van der Waals surface area (Å²) in [6, 6.07) is 4.78. The van der Waals surface area contributed by atoms with E-state index in [9.17, 15) is 9.59 Å². The van der Waals surface area contributed by atoms with Crippen molar-refractivity contribution in [3.8, 4) is 0 Å². The number of carbonyl (C=O) groups is 2. The Morgan fingerprint density at radius 2 is 1.95 bits per heavy atom. The number of benzene rings is 1. The summed E-state index contributed by atoms with van der Waals surface area (Å²) in [7, 11) is 0. The van der Waals surface area contributed by atoms with Crippen molar-refractivity contribution in [1.82, 2.24) is 5.32 Å². The fourth-order valence-corrected chi connectivity index (χ4v) is 1.97. The minimum atomic E-state index is -0.846. The Morgan fingerprint density at radius 1 is 1.30 bits per heavy atom. The molecule has 0 aliphatic heterocycles. The maximum atomic E-state index is 11.9. The normalized spacial score (nSPS) is 12.1. The van der Waals surface area contributed by atoms with Gasteiger partial charge >= 0.3 is 5.97 Å².